The van der Waals surface area contributed by atoms with Crippen molar-refractivity contribution in [3.05, 3.63) is 10.1 Å². The number of urea groups is 1. The van der Waals surface area contributed by atoms with Gasteiger partial charge in [0.1, 0.15) is 6.23 Å². The summed E-state index contributed by atoms with van der Waals surface area (Å²) < 4.78 is 5.32. The fraction of sp³-hybridized carbons (Fsp3) is 0.889. The topological polar surface area (TPSA) is 125 Å². The maximum atomic E-state index is 11.6. The molecule has 2 fully saturated rings. The molecule has 4 atom stereocenters. The minimum atomic E-state index is -1.05. The predicted octanol–water partition coefficient (Wildman–Crippen LogP) is -1.53. The quantitative estimate of drug-likeness (QED) is 0.418. The van der Waals surface area contributed by atoms with Gasteiger partial charge in [0.25, 0.3) is 6.04 Å². The molecule has 2 saturated heterocycles. The number of aliphatic hydroxyl groups excluding tert-OH is 2. The Morgan fingerprint density at radius 1 is 1.61 bits per heavy atom. The molecular weight excluding hydrogens is 246 g/mol. The van der Waals surface area contributed by atoms with Gasteiger partial charge in [0, 0.05) is 24.3 Å². The van der Waals surface area contributed by atoms with E-state index >= 15 is 0 Å². The molecule has 9 heteroatoms. The molecule has 2 rings (SSSR count). The number of rotatable bonds is 3. The molecule has 3 N–H and O–H groups in total. The number of ether oxygens (including phenoxy) is 1. The van der Waals surface area contributed by atoms with Gasteiger partial charge in [-0.25, -0.2) is 4.79 Å². The average molecular weight is 261 g/mol. The first-order valence-corrected chi connectivity index (χ1v) is 5.68. The van der Waals surface area contributed by atoms with Crippen molar-refractivity contribution < 1.29 is 24.7 Å². The molecule has 9 nitrogen and oxygen atoms in total. The van der Waals surface area contributed by atoms with E-state index in [0.717, 1.165) is 0 Å². The van der Waals surface area contributed by atoms with Crippen molar-refractivity contribution >= 4 is 6.03 Å². The Balaban J connectivity index is 2.10. The number of amides is 2. The minimum Gasteiger partial charge on any atom is -0.394 e. The summed E-state index contributed by atoms with van der Waals surface area (Å²) in [6.45, 7) is -0.140. The molecule has 0 aromatic carbocycles. The normalized spacial score (nSPS) is 36.6. The summed E-state index contributed by atoms with van der Waals surface area (Å²) in [6.07, 6.45) is -2.21. The van der Waals surface area contributed by atoms with Crippen LogP contribution in [0.2, 0.25) is 0 Å². The number of nitro groups is 1. The van der Waals surface area contributed by atoms with Crippen LogP contribution in [0.4, 0.5) is 4.79 Å². The fourth-order valence-corrected chi connectivity index (χ4v) is 2.22. The summed E-state index contributed by atoms with van der Waals surface area (Å²) in [5.74, 6) is 0. The van der Waals surface area contributed by atoms with Crippen LogP contribution in [0.1, 0.15) is 12.8 Å². The van der Waals surface area contributed by atoms with E-state index in [-0.39, 0.29) is 26.0 Å². The smallest absolute Gasteiger partial charge is 0.321 e. The van der Waals surface area contributed by atoms with Gasteiger partial charge in [0.05, 0.1) is 12.7 Å². The van der Waals surface area contributed by atoms with E-state index in [9.17, 15) is 20.0 Å². The number of aliphatic hydroxyl groups is 2. The number of nitrogens with one attached hydrogen (secondary N) is 1. The predicted molar refractivity (Wildman–Crippen MR) is 57.0 cm³/mol. The SMILES string of the molecule is O=C1NC(O)CCN1[C@@H]1OC(CO)C[C@@H]1[N+](=O)[O-]. The van der Waals surface area contributed by atoms with E-state index in [4.69, 9.17) is 9.84 Å². The molecule has 0 saturated carbocycles. The molecule has 0 radical (unpaired) electrons. The van der Waals surface area contributed by atoms with Gasteiger partial charge >= 0.3 is 6.03 Å². The second kappa shape index (κ2) is 5.04. The van der Waals surface area contributed by atoms with Crippen molar-refractivity contribution in [3.8, 4) is 0 Å². The molecular formula is C9H15N3O6. The monoisotopic (exact) mass is 261 g/mol. The summed E-state index contributed by atoms with van der Waals surface area (Å²) in [5.41, 5.74) is 0. The van der Waals surface area contributed by atoms with Crippen molar-refractivity contribution in [2.24, 2.45) is 0 Å². The first kappa shape index (κ1) is 13.0. The lowest BCUT2D eigenvalue weighted by Crippen LogP contribution is -2.58. The Morgan fingerprint density at radius 2 is 2.33 bits per heavy atom. The number of nitrogens with zero attached hydrogens (tertiary/aromatic N) is 2. The Kier molecular flexibility index (Phi) is 3.64. The summed E-state index contributed by atoms with van der Waals surface area (Å²) in [4.78, 5) is 23.3. The molecule has 2 unspecified atom stereocenters. The van der Waals surface area contributed by atoms with Gasteiger partial charge in [-0.1, -0.05) is 0 Å². The number of hydrogen-bond acceptors (Lipinski definition) is 6. The highest BCUT2D eigenvalue weighted by atomic mass is 16.6. The first-order chi connectivity index (χ1) is 8.52. The van der Waals surface area contributed by atoms with Crippen LogP contribution < -0.4 is 5.32 Å². The molecule has 18 heavy (non-hydrogen) atoms. The van der Waals surface area contributed by atoms with Gasteiger partial charge < -0.3 is 20.3 Å². The highest BCUT2D eigenvalue weighted by Gasteiger charge is 2.48. The average Bonchev–Trinajstić information content (AvgIpc) is 2.73. The Morgan fingerprint density at radius 3 is 2.89 bits per heavy atom. The largest absolute Gasteiger partial charge is 0.394 e. The molecule has 0 bridgehead atoms. The fourth-order valence-electron chi connectivity index (χ4n) is 2.22. The zero-order valence-electron chi connectivity index (χ0n) is 9.56. The molecule has 0 spiro atoms. The molecule has 0 aromatic rings. The lowest BCUT2D eigenvalue weighted by Gasteiger charge is -2.34. The van der Waals surface area contributed by atoms with E-state index in [0.29, 0.717) is 0 Å². The van der Waals surface area contributed by atoms with Crippen molar-refractivity contribution in [1.29, 1.82) is 0 Å². The van der Waals surface area contributed by atoms with Crippen molar-refractivity contribution in [1.82, 2.24) is 10.2 Å². The van der Waals surface area contributed by atoms with E-state index in [1.54, 1.807) is 0 Å². The minimum absolute atomic E-state index is 0.0699. The first-order valence-electron chi connectivity index (χ1n) is 5.68. The van der Waals surface area contributed by atoms with Crippen molar-refractivity contribution in [2.75, 3.05) is 13.2 Å². The van der Waals surface area contributed by atoms with Gasteiger partial charge in [-0.15, -0.1) is 0 Å². The number of carbonyl (C=O) groups excluding carboxylic acids is 1. The van der Waals surface area contributed by atoms with E-state index in [1.165, 1.54) is 4.90 Å². The van der Waals surface area contributed by atoms with Gasteiger partial charge in [0.15, 0.2) is 0 Å². The zero-order valence-corrected chi connectivity index (χ0v) is 9.56. The van der Waals surface area contributed by atoms with Crippen LogP contribution in [0, 0.1) is 10.1 Å². The molecule has 102 valence electrons. The number of carbonyl (C=O) groups is 1. The van der Waals surface area contributed by atoms with Crippen LogP contribution in [-0.2, 0) is 4.74 Å². The number of hydrogen-bond donors (Lipinski definition) is 3. The van der Waals surface area contributed by atoms with Crippen LogP contribution in [0.15, 0.2) is 0 Å². The third-order valence-corrected chi connectivity index (χ3v) is 3.14. The van der Waals surface area contributed by atoms with Crippen LogP contribution in [0.3, 0.4) is 0 Å². The van der Waals surface area contributed by atoms with Gasteiger partial charge in [-0.3, -0.25) is 15.0 Å². The molecule has 2 heterocycles. The van der Waals surface area contributed by atoms with Crippen LogP contribution in [0.5, 0.6) is 0 Å². The molecule has 0 aromatic heterocycles. The summed E-state index contributed by atoms with van der Waals surface area (Å²) in [7, 11) is 0. The molecule has 2 aliphatic heterocycles. The van der Waals surface area contributed by atoms with Gasteiger partial charge in [-0.2, -0.15) is 0 Å². The van der Waals surface area contributed by atoms with E-state index < -0.39 is 35.6 Å². The molecule has 2 amide bonds. The van der Waals surface area contributed by atoms with Crippen molar-refractivity contribution in [3.63, 3.8) is 0 Å². The second-order valence-electron chi connectivity index (χ2n) is 4.37. The van der Waals surface area contributed by atoms with Crippen LogP contribution in [-0.4, -0.2) is 63.8 Å². The summed E-state index contributed by atoms with van der Waals surface area (Å²) in [5, 5.41) is 31.4. The van der Waals surface area contributed by atoms with Gasteiger partial charge in [0.2, 0.25) is 6.23 Å². The zero-order chi connectivity index (χ0) is 13.3. The van der Waals surface area contributed by atoms with Crippen LogP contribution >= 0.6 is 0 Å². The Hall–Kier alpha value is -1.45. The second-order valence-corrected chi connectivity index (χ2v) is 4.37. The van der Waals surface area contributed by atoms with E-state index in [1.807, 2.05) is 0 Å². The maximum absolute atomic E-state index is 11.6. The van der Waals surface area contributed by atoms with Gasteiger partial charge in [-0.05, 0) is 0 Å². The third-order valence-electron chi connectivity index (χ3n) is 3.14. The Bertz CT molecular complexity index is 351. The molecule has 2 aliphatic rings. The Labute approximate surface area is 102 Å². The van der Waals surface area contributed by atoms with E-state index in [2.05, 4.69) is 5.32 Å². The highest BCUT2D eigenvalue weighted by molar-refractivity contribution is 5.75. The summed E-state index contributed by atoms with van der Waals surface area (Å²) >= 11 is 0. The highest BCUT2D eigenvalue weighted by Crippen LogP contribution is 2.26. The molecule has 0 aliphatic carbocycles. The maximum Gasteiger partial charge on any atom is 0.321 e. The lowest BCUT2D eigenvalue weighted by molar-refractivity contribution is -0.531. The lowest BCUT2D eigenvalue weighted by atomic mass is 10.1. The standard InChI is InChI=1S/C9H15N3O6/c13-4-5-3-6(12(16)17)8(18-5)11-2-1-7(14)10-9(11)15/h5-8,13-14H,1-4H2,(H,10,15)/t5?,6-,7?,8+/m0/s1. The van der Waals surface area contributed by atoms with Crippen LogP contribution in [0.25, 0.3) is 0 Å². The third kappa shape index (κ3) is 2.37. The summed E-state index contributed by atoms with van der Waals surface area (Å²) in [6, 6.07) is -1.65. The van der Waals surface area contributed by atoms with Crippen molar-refractivity contribution in [2.45, 2.75) is 37.4 Å².